The standard InChI is InChI=1S/C11H6N2O2.Na/c14-9-5-6-1-2-8-7(3-4-12-8)10(6)13-11(9)15;/h1-5,12H;. The number of amides is 1. The first-order chi connectivity index (χ1) is 7.25. The first-order valence-corrected chi connectivity index (χ1v) is 4.50. The number of aromatic nitrogens is 1. The van der Waals surface area contributed by atoms with Gasteiger partial charge in [-0.2, -0.15) is 0 Å². The van der Waals surface area contributed by atoms with Crippen LogP contribution in [0, 0.1) is 0 Å². The molecule has 1 radical (unpaired) electrons. The van der Waals surface area contributed by atoms with Gasteiger partial charge in [-0.1, -0.05) is 6.07 Å². The largest absolute Gasteiger partial charge is 0.361 e. The summed E-state index contributed by atoms with van der Waals surface area (Å²) in [4.78, 5) is 29.1. The summed E-state index contributed by atoms with van der Waals surface area (Å²) in [6.45, 7) is 0. The molecule has 4 nitrogen and oxygen atoms in total. The molecule has 2 heterocycles. The van der Waals surface area contributed by atoms with Crippen LogP contribution >= 0.6 is 0 Å². The fourth-order valence-electron chi connectivity index (χ4n) is 1.74. The van der Waals surface area contributed by atoms with E-state index >= 15 is 0 Å². The smallest absolute Gasteiger partial charge is 0.318 e. The average Bonchev–Trinajstić information content (AvgIpc) is 2.68. The van der Waals surface area contributed by atoms with Gasteiger partial charge in [0.1, 0.15) is 0 Å². The molecule has 1 amide bonds. The van der Waals surface area contributed by atoms with Gasteiger partial charge in [-0.3, -0.25) is 9.59 Å². The SMILES string of the molecule is O=C1C=c2ccc3[nH]ccc3c2=NC1=O.[Na]. The molecule has 0 spiro atoms. The van der Waals surface area contributed by atoms with Crippen molar-refractivity contribution in [3.05, 3.63) is 35.0 Å². The number of ketones is 1. The third-order valence-corrected chi connectivity index (χ3v) is 2.45. The van der Waals surface area contributed by atoms with Crippen LogP contribution in [0.25, 0.3) is 17.0 Å². The number of nitrogens with one attached hydrogen (secondary N) is 1. The van der Waals surface area contributed by atoms with E-state index in [9.17, 15) is 9.59 Å². The fraction of sp³-hybridized carbons (Fsp3) is 0. The van der Waals surface area contributed by atoms with Crippen molar-refractivity contribution in [3.63, 3.8) is 0 Å². The van der Waals surface area contributed by atoms with E-state index in [1.165, 1.54) is 6.08 Å². The second-order valence-corrected chi connectivity index (χ2v) is 3.37. The van der Waals surface area contributed by atoms with Crippen LogP contribution in [-0.4, -0.2) is 46.2 Å². The maximum atomic E-state index is 11.2. The predicted molar refractivity (Wildman–Crippen MR) is 59.3 cm³/mol. The first-order valence-electron chi connectivity index (χ1n) is 4.50. The number of carbonyl (C=O) groups excluding carboxylic acids is 2. The Balaban J connectivity index is 0.000000963. The minimum atomic E-state index is -0.698. The molecule has 0 saturated carbocycles. The van der Waals surface area contributed by atoms with Gasteiger partial charge in [0, 0.05) is 58.0 Å². The molecule has 0 atom stereocenters. The summed E-state index contributed by atoms with van der Waals surface area (Å²) in [6.07, 6.45) is 3.11. The van der Waals surface area contributed by atoms with Gasteiger partial charge in [-0.05, 0) is 12.1 Å². The molecule has 1 N–H and O–H groups in total. The minimum absolute atomic E-state index is 0. The van der Waals surface area contributed by atoms with Gasteiger partial charge >= 0.3 is 5.91 Å². The van der Waals surface area contributed by atoms with Crippen molar-refractivity contribution in [2.75, 3.05) is 0 Å². The number of benzene rings is 1. The molecule has 16 heavy (non-hydrogen) atoms. The van der Waals surface area contributed by atoms with Gasteiger partial charge in [-0.25, -0.2) is 4.99 Å². The van der Waals surface area contributed by atoms with Crippen LogP contribution in [0.3, 0.4) is 0 Å². The fourth-order valence-corrected chi connectivity index (χ4v) is 1.74. The molecule has 1 aromatic heterocycles. The maximum Gasteiger partial charge on any atom is 0.318 e. The number of aromatic amines is 1. The number of H-pyrrole nitrogens is 1. The Kier molecular flexibility index (Phi) is 2.80. The maximum absolute atomic E-state index is 11.2. The summed E-state index contributed by atoms with van der Waals surface area (Å²) >= 11 is 0. The molecule has 2 aromatic rings. The number of hydrogen-bond donors (Lipinski definition) is 1. The van der Waals surface area contributed by atoms with Crippen LogP contribution in [0.2, 0.25) is 0 Å². The summed E-state index contributed by atoms with van der Waals surface area (Å²) in [6, 6.07) is 5.49. The second-order valence-electron chi connectivity index (χ2n) is 3.37. The Morgan fingerprint density at radius 3 is 2.75 bits per heavy atom. The molecule has 0 aliphatic carbocycles. The van der Waals surface area contributed by atoms with Crippen molar-refractivity contribution >= 4 is 58.2 Å². The number of rotatable bonds is 0. The van der Waals surface area contributed by atoms with Crippen LogP contribution in [0.15, 0.2) is 29.4 Å². The Morgan fingerprint density at radius 2 is 1.94 bits per heavy atom. The molecule has 0 saturated heterocycles. The van der Waals surface area contributed by atoms with Crippen molar-refractivity contribution < 1.29 is 9.59 Å². The van der Waals surface area contributed by atoms with Gasteiger partial charge in [0.25, 0.3) is 0 Å². The summed E-state index contributed by atoms with van der Waals surface area (Å²) in [5, 5.41) is 2.15. The number of carbonyl (C=O) groups is 2. The zero-order chi connectivity index (χ0) is 10.4. The molecule has 0 unspecified atom stereocenters. The number of fused-ring (bicyclic) bond motifs is 3. The normalized spacial score (nSPS) is 13.8. The Bertz CT molecular complexity index is 715. The average molecular weight is 221 g/mol. The quantitative estimate of drug-likeness (QED) is 0.472. The van der Waals surface area contributed by atoms with Gasteiger partial charge in [0.2, 0.25) is 5.78 Å². The zero-order valence-corrected chi connectivity index (χ0v) is 10.7. The predicted octanol–water partition coefficient (Wildman–Crippen LogP) is -0.704. The topological polar surface area (TPSA) is 62.3 Å². The molecule has 0 fully saturated rings. The van der Waals surface area contributed by atoms with E-state index in [0.717, 1.165) is 10.9 Å². The molecule has 1 aliphatic rings. The van der Waals surface area contributed by atoms with E-state index in [1.807, 2.05) is 12.1 Å². The van der Waals surface area contributed by atoms with E-state index in [4.69, 9.17) is 0 Å². The minimum Gasteiger partial charge on any atom is -0.361 e. The monoisotopic (exact) mass is 221 g/mol. The van der Waals surface area contributed by atoms with Gasteiger partial charge in [-0.15, -0.1) is 0 Å². The van der Waals surface area contributed by atoms with Gasteiger partial charge in [0.05, 0.1) is 5.36 Å². The van der Waals surface area contributed by atoms with Gasteiger partial charge in [0.15, 0.2) is 0 Å². The van der Waals surface area contributed by atoms with Crippen LogP contribution in [0.5, 0.6) is 0 Å². The van der Waals surface area contributed by atoms with Crippen LogP contribution in [0.4, 0.5) is 0 Å². The molecule has 1 aliphatic heterocycles. The molecule has 73 valence electrons. The first kappa shape index (κ1) is 11.3. The summed E-state index contributed by atoms with van der Waals surface area (Å²) in [5.41, 5.74) is 0.910. The van der Waals surface area contributed by atoms with Gasteiger partial charge < -0.3 is 4.98 Å². The Labute approximate surface area is 112 Å². The second kappa shape index (κ2) is 3.97. The third-order valence-electron chi connectivity index (χ3n) is 2.45. The summed E-state index contributed by atoms with van der Waals surface area (Å²) in [7, 11) is 0. The van der Waals surface area contributed by atoms with E-state index in [0.29, 0.717) is 10.6 Å². The van der Waals surface area contributed by atoms with Crippen LogP contribution < -0.4 is 10.6 Å². The molecular weight excluding hydrogens is 215 g/mol. The van der Waals surface area contributed by atoms with E-state index in [2.05, 4.69) is 9.98 Å². The Hall–Kier alpha value is -1.23. The molecule has 0 bridgehead atoms. The summed E-state index contributed by atoms with van der Waals surface area (Å²) < 4.78 is 0. The number of nitrogens with zero attached hydrogens (tertiary/aromatic N) is 1. The molecular formula is C11H6N2NaO2. The third kappa shape index (κ3) is 1.55. The number of Topliss-reactive ketones (excluding diaryl/α,β-unsaturated/α-hetero) is 1. The number of hydrogen-bond acceptors (Lipinski definition) is 2. The molecule has 5 heteroatoms. The van der Waals surface area contributed by atoms with E-state index < -0.39 is 11.7 Å². The van der Waals surface area contributed by atoms with Crippen molar-refractivity contribution in [2.24, 2.45) is 4.99 Å². The Morgan fingerprint density at radius 1 is 1.12 bits per heavy atom. The van der Waals surface area contributed by atoms with Crippen molar-refractivity contribution in [2.45, 2.75) is 0 Å². The molecule has 3 rings (SSSR count). The summed E-state index contributed by atoms with van der Waals surface area (Å²) in [5.74, 6) is -1.26. The van der Waals surface area contributed by atoms with Crippen molar-refractivity contribution in [1.82, 2.24) is 4.98 Å². The van der Waals surface area contributed by atoms with Crippen LogP contribution in [0.1, 0.15) is 0 Å². The van der Waals surface area contributed by atoms with Crippen molar-refractivity contribution in [3.8, 4) is 0 Å². The molecule has 1 aromatic carbocycles. The van der Waals surface area contributed by atoms with E-state index in [1.54, 1.807) is 12.3 Å². The van der Waals surface area contributed by atoms with Crippen LogP contribution in [-0.2, 0) is 9.59 Å². The van der Waals surface area contributed by atoms with Crippen molar-refractivity contribution in [1.29, 1.82) is 0 Å². The van der Waals surface area contributed by atoms with E-state index in [-0.39, 0.29) is 29.6 Å². The zero-order valence-electron chi connectivity index (χ0n) is 8.65.